The van der Waals surface area contributed by atoms with Crippen molar-refractivity contribution in [1.82, 2.24) is 30.5 Å². The first-order chi connectivity index (χ1) is 21.4. The Balaban J connectivity index is 0.00000357. The van der Waals surface area contributed by atoms with Gasteiger partial charge < -0.3 is 15.4 Å². The fourth-order valence-corrected chi connectivity index (χ4v) is 5.95. The number of hydrogen-bond donors (Lipinski definition) is 2. The molecule has 12 heteroatoms. The number of likely N-dealkylation sites (tertiary alicyclic amines) is 1. The normalized spacial score (nSPS) is 15.1. The van der Waals surface area contributed by atoms with E-state index in [2.05, 4.69) is 25.6 Å². The second-order valence-electron chi connectivity index (χ2n) is 11.1. The van der Waals surface area contributed by atoms with Crippen LogP contribution in [0.1, 0.15) is 50.3 Å². The number of carbonyl (C=O) groups excluding carboxylic acids is 3. The topological polar surface area (TPSA) is 157 Å². The largest absolute Gasteiger partial charge is 0.486 e. The summed E-state index contributed by atoms with van der Waals surface area (Å²) in [6.07, 6.45) is 4.29. The summed E-state index contributed by atoms with van der Waals surface area (Å²) >= 11 is 0. The number of nitrogens with two attached hydrogens (primary N) is 1. The Hall–Kier alpha value is -4.71. The van der Waals surface area contributed by atoms with Crippen molar-refractivity contribution < 1.29 is 19.1 Å². The van der Waals surface area contributed by atoms with E-state index in [0.29, 0.717) is 65.3 Å². The minimum Gasteiger partial charge on any atom is -0.486 e. The minimum atomic E-state index is -0.682. The number of primary amides is 1. The molecule has 4 heterocycles. The predicted octanol–water partition coefficient (Wildman–Crippen LogP) is 3.95. The number of carbonyl (C=O) groups is 3. The van der Waals surface area contributed by atoms with Crippen LogP contribution in [0, 0.1) is 0 Å². The Morgan fingerprint density at radius 3 is 2.33 bits per heavy atom. The Labute approximate surface area is 280 Å². The van der Waals surface area contributed by atoms with Gasteiger partial charge in [-0.05, 0) is 63.5 Å². The van der Waals surface area contributed by atoms with E-state index in [9.17, 15) is 14.4 Å². The zero-order chi connectivity index (χ0) is 30.3. The Bertz CT molecular complexity index is 1910. The van der Waals surface area contributed by atoms with Gasteiger partial charge in [-0.1, -0.05) is 36.4 Å². The number of hydrogen-bond acceptors (Lipinski definition) is 8. The van der Waals surface area contributed by atoms with E-state index in [-0.39, 0.29) is 47.7 Å². The zero-order valence-electron chi connectivity index (χ0n) is 24.6. The molecule has 5 aromatic rings. The van der Waals surface area contributed by atoms with Crippen LogP contribution in [0.25, 0.3) is 33.6 Å². The molecular weight excluding hydrogens is 581 g/mol. The molecule has 2 amide bonds. The predicted molar refractivity (Wildman–Crippen MR) is 166 cm³/mol. The molecule has 3 aromatic carbocycles. The van der Waals surface area contributed by atoms with Crippen molar-refractivity contribution in [2.75, 3.05) is 13.1 Å². The number of H-pyrrole nitrogens is 1. The van der Waals surface area contributed by atoms with E-state index in [4.69, 9.17) is 10.5 Å². The van der Waals surface area contributed by atoms with Crippen molar-refractivity contribution in [3.8, 4) is 39.4 Å². The van der Waals surface area contributed by atoms with E-state index >= 15 is 0 Å². The van der Waals surface area contributed by atoms with Gasteiger partial charge in [-0.3, -0.25) is 19.4 Å². The van der Waals surface area contributed by atoms with Gasteiger partial charge in [0.05, 0.1) is 17.5 Å². The molecule has 1 spiro atoms. The van der Waals surface area contributed by atoms with E-state index in [0.717, 1.165) is 16.7 Å². The monoisotopic (exact) mass is 608 g/mol. The molecule has 1 fully saturated rings. The van der Waals surface area contributed by atoms with Gasteiger partial charge in [-0.25, -0.2) is 5.10 Å². The maximum atomic E-state index is 13.8. The Morgan fingerprint density at radius 2 is 1.60 bits per heavy atom. The van der Waals surface area contributed by atoms with Gasteiger partial charge in [0.2, 0.25) is 5.91 Å². The number of benzene rings is 3. The molecule has 0 bridgehead atoms. The standard InChI is InChI=1S/C33H27N7O4.Na/c34-30(42)26-15-25(18-35-19-26)21-6-7-29-27(16-21)28(41)17-33(44-29)8-10-40(11-9-33)32(43)24-13-22(20-4-2-1-3-5-20)12-23(14-24)31-36-38-39-37-31;/h1-7,12-16,18-19H,8-11,17H2,(H2,34,42)(H,36,37,38,39);. The maximum Gasteiger partial charge on any atom is 0.253 e. The third-order valence-corrected chi connectivity index (χ3v) is 8.31. The van der Waals surface area contributed by atoms with Crippen molar-refractivity contribution in [1.29, 1.82) is 0 Å². The van der Waals surface area contributed by atoms with Crippen LogP contribution in [-0.4, -0.2) is 96.4 Å². The van der Waals surface area contributed by atoms with Gasteiger partial charge in [-0.2, -0.15) is 0 Å². The van der Waals surface area contributed by atoms with Gasteiger partial charge in [0.15, 0.2) is 11.6 Å². The SMILES string of the molecule is NC(=O)c1cncc(-c2ccc3c(c2)C(=O)CC2(CCN(C(=O)c4cc(-c5ccccc5)cc(-c5nnn[nH]5)c4)CC2)O3)c1.[Na]. The summed E-state index contributed by atoms with van der Waals surface area (Å²) in [7, 11) is 0. The molecule has 45 heavy (non-hydrogen) atoms. The molecule has 1 saturated heterocycles. The number of aromatic nitrogens is 5. The molecule has 2 aliphatic rings. The van der Waals surface area contributed by atoms with Gasteiger partial charge >= 0.3 is 0 Å². The molecule has 3 N–H and O–H groups in total. The van der Waals surface area contributed by atoms with Gasteiger partial charge in [0, 0.05) is 84.6 Å². The first-order valence-electron chi connectivity index (χ1n) is 14.2. The molecule has 11 nitrogen and oxygen atoms in total. The molecule has 7 rings (SSSR count). The number of fused-ring (bicyclic) bond motifs is 1. The van der Waals surface area contributed by atoms with Gasteiger partial charge in [-0.15, -0.1) is 5.10 Å². The minimum absolute atomic E-state index is 0. The number of amides is 2. The molecule has 2 aliphatic heterocycles. The quantitative estimate of drug-likeness (QED) is 0.284. The second-order valence-corrected chi connectivity index (χ2v) is 11.1. The van der Waals surface area contributed by atoms with Gasteiger partial charge in [0.1, 0.15) is 11.4 Å². The van der Waals surface area contributed by atoms with Crippen LogP contribution in [0.2, 0.25) is 0 Å². The smallest absolute Gasteiger partial charge is 0.253 e. The molecule has 0 atom stereocenters. The fraction of sp³-hybridized carbons (Fsp3) is 0.182. The fourth-order valence-electron chi connectivity index (χ4n) is 5.95. The van der Waals surface area contributed by atoms with Crippen LogP contribution >= 0.6 is 0 Å². The molecule has 0 saturated carbocycles. The summed E-state index contributed by atoms with van der Waals surface area (Å²) in [4.78, 5) is 44.7. The number of nitrogens with one attached hydrogen (secondary N) is 1. The van der Waals surface area contributed by atoms with Crippen LogP contribution in [0.5, 0.6) is 5.75 Å². The summed E-state index contributed by atoms with van der Waals surface area (Å²) < 4.78 is 6.49. The van der Waals surface area contributed by atoms with Crippen LogP contribution in [0.3, 0.4) is 0 Å². The van der Waals surface area contributed by atoms with E-state index in [1.54, 1.807) is 30.5 Å². The average molecular weight is 609 g/mol. The number of nitrogens with zero attached hydrogens (tertiary/aromatic N) is 5. The molecule has 2 aromatic heterocycles. The summed E-state index contributed by atoms with van der Waals surface area (Å²) in [5, 5.41) is 14.2. The van der Waals surface area contributed by atoms with Crippen molar-refractivity contribution in [3.63, 3.8) is 0 Å². The van der Waals surface area contributed by atoms with Crippen LogP contribution in [0.4, 0.5) is 0 Å². The van der Waals surface area contributed by atoms with Crippen LogP contribution in [-0.2, 0) is 0 Å². The number of ether oxygens (including phenoxy) is 1. The Morgan fingerprint density at radius 1 is 0.844 bits per heavy atom. The number of pyridine rings is 1. The number of aromatic amines is 1. The number of Topliss-reactive ketones (excluding diaryl/α,β-unsaturated/α-hetero) is 1. The molecule has 1 radical (unpaired) electrons. The van der Waals surface area contributed by atoms with Crippen LogP contribution in [0.15, 0.2) is 85.2 Å². The first-order valence-corrected chi connectivity index (χ1v) is 14.2. The number of tetrazole rings is 1. The van der Waals surface area contributed by atoms with Crippen molar-refractivity contribution in [3.05, 3.63) is 102 Å². The van der Waals surface area contributed by atoms with E-state index < -0.39 is 11.5 Å². The zero-order valence-corrected chi connectivity index (χ0v) is 26.6. The van der Waals surface area contributed by atoms with Crippen molar-refractivity contribution in [2.24, 2.45) is 5.73 Å². The number of piperidine rings is 1. The summed E-state index contributed by atoms with van der Waals surface area (Å²) in [6, 6.07) is 22.5. The number of rotatable bonds is 5. The number of ketones is 1. The van der Waals surface area contributed by atoms with E-state index in [1.165, 1.54) is 6.20 Å². The average Bonchev–Trinajstić information content (AvgIpc) is 3.60. The second kappa shape index (κ2) is 12.4. The van der Waals surface area contributed by atoms with Gasteiger partial charge in [0.25, 0.3) is 5.91 Å². The molecular formula is C33H27N7NaO4. The van der Waals surface area contributed by atoms with Crippen molar-refractivity contribution >= 4 is 47.2 Å². The Kier molecular flexibility index (Phi) is 8.32. The third-order valence-electron chi connectivity index (χ3n) is 8.31. The third kappa shape index (κ3) is 6.02. The van der Waals surface area contributed by atoms with Crippen molar-refractivity contribution in [2.45, 2.75) is 24.9 Å². The maximum absolute atomic E-state index is 13.8. The first kappa shape index (κ1) is 30.3. The summed E-state index contributed by atoms with van der Waals surface area (Å²) in [6.45, 7) is 0.889. The summed E-state index contributed by atoms with van der Waals surface area (Å²) in [5.41, 5.74) is 10.0. The molecule has 219 valence electrons. The summed E-state index contributed by atoms with van der Waals surface area (Å²) in [5.74, 6) is 0.296. The molecule has 0 unspecified atom stereocenters. The van der Waals surface area contributed by atoms with Crippen LogP contribution < -0.4 is 10.5 Å². The van der Waals surface area contributed by atoms with E-state index in [1.807, 2.05) is 53.4 Å². The molecule has 0 aliphatic carbocycles.